The molecule has 52 heavy (non-hydrogen) atoms. The van der Waals surface area contributed by atoms with Gasteiger partial charge in [-0.2, -0.15) is 0 Å². The van der Waals surface area contributed by atoms with Crippen LogP contribution in [0.4, 0.5) is 5.69 Å². The highest BCUT2D eigenvalue weighted by Gasteiger charge is 2.34. The summed E-state index contributed by atoms with van der Waals surface area (Å²) in [5, 5.41) is 3.65. The van der Waals surface area contributed by atoms with Gasteiger partial charge in [0, 0.05) is 72.0 Å². The molecule has 4 heterocycles. The molecule has 2 amide bonds. The van der Waals surface area contributed by atoms with Crippen molar-refractivity contribution in [2.24, 2.45) is 0 Å². The van der Waals surface area contributed by atoms with Gasteiger partial charge in [0.05, 0.1) is 18.8 Å². The molecule has 1 aromatic heterocycles. The number of carbonyl (C=O) groups is 2. The number of hydrogen-bond donors (Lipinski definition) is 1. The van der Waals surface area contributed by atoms with Crippen LogP contribution >= 0.6 is 11.6 Å². The fraction of sp³-hybridized carbons (Fsp3) is 0.302. The van der Waals surface area contributed by atoms with Gasteiger partial charge in [0.1, 0.15) is 12.4 Å². The van der Waals surface area contributed by atoms with Crippen LogP contribution in [0.1, 0.15) is 55.9 Å². The largest absolute Gasteiger partial charge is 0.489 e. The number of nitrogens with zero attached hydrogens (tertiary/aromatic N) is 3. The maximum absolute atomic E-state index is 14.8. The predicted octanol–water partition coefficient (Wildman–Crippen LogP) is 7.88. The van der Waals surface area contributed by atoms with Gasteiger partial charge in [-0.25, -0.2) is 0 Å². The average Bonchev–Trinajstić information content (AvgIpc) is 3.58. The van der Waals surface area contributed by atoms with E-state index in [1.165, 1.54) is 11.1 Å². The number of benzene rings is 4. The van der Waals surface area contributed by atoms with Crippen LogP contribution in [-0.4, -0.2) is 65.1 Å². The second-order valence-electron chi connectivity index (χ2n) is 13.9. The van der Waals surface area contributed by atoms with E-state index in [0.717, 1.165) is 80.1 Å². The molecule has 8 rings (SSSR count). The molecular formula is C43H43ClN4O4. The zero-order valence-electron chi connectivity index (χ0n) is 29.2. The molecule has 0 aliphatic carbocycles. The van der Waals surface area contributed by atoms with E-state index < -0.39 is 0 Å². The number of hydrogen-bond acceptors (Lipinski definition) is 5. The third-order valence-electron chi connectivity index (χ3n) is 10.5. The zero-order valence-corrected chi connectivity index (χ0v) is 30.0. The van der Waals surface area contributed by atoms with E-state index in [4.69, 9.17) is 21.1 Å². The normalized spacial score (nSPS) is 17.2. The summed E-state index contributed by atoms with van der Waals surface area (Å²) in [4.78, 5) is 33.2. The lowest BCUT2D eigenvalue weighted by molar-refractivity contribution is 0.0193. The molecule has 1 saturated heterocycles. The lowest BCUT2D eigenvalue weighted by atomic mass is 9.92. The number of halogens is 1. The van der Waals surface area contributed by atoms with Gasteiger partial charge in [0.25, 0.3) is 11.8 Å². The molecule has 3 aliphatic rings. The smallest absolute Gasteiger partial charge is 0.257 e. The molecule has 4 aromatic carbocycles. The molecule has 9 heteroatoms. The monoisotopic (exact) mass is 714 g/mol. The Morgan fingerprint density at radius 2 is 1.60 bits per heavy atom. The molecule has 5 aromatic rings. The van der Waals surface area contributed by atoms with Crippen molar-refractivity contribution in [1.29, 1.82) is 0 Å². The van der Waals surface area contributed by atoms with Crippen LogP contribution in [0.2, 0.25) is 5.02 Å². The quantitative estimate of drug-likeness (QED) is 0.168. The van der Waals surface area contributed by atoms with E-state index in [0.29, 0.717) is 48.2 Å². The Labute approximate surface area is 309 Å². The van der Waals surface area contributed by atoms with Crippen LogP contribution in [0.3, 0.4) is 0 Å². The minimum Gasteiger partial charge on any atom is -0.489 e. The lowest BCUT2D eigenvalue weighted by Gasteiger charge is -2.40. The maximum atomic E-state index is 14.8. The van der Waals surface area contributed by atoms with Gasteiger partial charge in [-0.15, -0.1) is 0 Å². The molecule has 3 aliphatic heterocycles. The molecule has 8 nitrogen and oxygen atoms in total. The standard InChI is InChI=1S/C43H43ClN4O4/c44-33-13-18-37(43(50)48-27-32-11-5-4-10-31(32)24-35(48)28-46-20-22-51-23-21-46)38(25-33)41-26-39(40-12-6-7-19-47(40)41)42(49)45-34-14-16-36(17-15-34)52-29-30-8-2-1-3-9-30/h1-5,8-11,13-18,25-26,35H,6-7,12,19-24,27-29H2,(H,45,49)/t35-/m0/s1. The van der Waals surface area contributed by atoms with Crippen molar-refractivity contribution in [2.75, 3.05) is 38.2 Å². The summed E-state index contributed by atoms with van der Waals surface area (Å²) in [5.74, 6) is 0.530. The number of nitrogens with one attached hydrogen (secondary N) is 1. The van der Waals surface area contributed by atoms with Crippen molar-refractivity contribution in [3.8, 4) is 17.0 Å². The number of fused-ring (bicyclic) bond motifs is 2. The zero-order chi connectivity index (χ0) is 35.4. The van der Waals surface area contributed by atoms with Crippen molar-refractivity contribution < 1.29 is 19.1 Å². The Hall–Kier alpha value is -4.89. The van der Waals surface area contributed by atoms with Crippen LogP contribution in [0.25, 0.3) is 11.3 Å². The Morgan fingerprint density at radius 3 is 2.40 bits per heavy atom. The molecule has 266 valence electrons. The van der Waals surface area contributed by atoms with E-state index in [9.17, 15) is 9.59 Å². The molecule has 1 N–H and O–H groups in total. The highest BCUT2D eigenvalue weighted by Crippen LogP contribution is 2.36. The summed E-state index contributed by atoms with van der Waals surface area (Å²) in [6, 6.07) is 33.4. The van der Waals surface area contributed by atoms with Gasteiger partial charge in [0.15, 0.2) is 0 Å². The second kappa shape index (κ2) is 15.4. The number of morpholine rings is 1. The van der Waals surface area contributed by atoms with E-state index in [2.05, 4.69) is 33.0 Å². The Morgan fingerprint density at radius 1 is 0.827 bits per heavy atom. The van der Waals surface area contributed by atoms with Gasteiger partial charge in [-0.05, 0) is 90.9 Å². The number of ether oxygens (including phenoxy) is 2. The van der Waals surface area contributed by atoms with Gasteiger partial charge in [-0.1, -0.05) is 66.2 Å². The van der Waals surface area contributed by atoms with Gasteiger partial charge < -0.3 is 24.3 Å². The molecule has 0 bridgehead atoms. The molecule has 0 radical (unpaired) electrons. The number of amides is 2. The highest BCUT2D eigenvalue weighted by molar-refractivity contribution is 6.31. The van der Waals surface area contributed by atoms with E-state index in [1.807, 2.05) is 83.8 Å². The minimum absolute atomic E-state index is 0.0155. The molecule has 0 saturated carbocycles. The topological polar surface area (TPSA) is 76.0 Å². The first-order valence-corrected chi connectivity index (χ1v) is 18.7. The van der Waals surface area contributed by atoms with Crippen LogP contribution in [0.5, 0.6) is 5.75 Å². The van der Waals surface area contributed by atoms with Crippen molar-refractivity contribution in [3.05, 3.63) is 142 Å². The fourth-order valence-corrected chi connectivity index (χ4v) is 7.98. The first-order chi connectivity index (χ1) is 25.5. The Kier molecular flexibility index (Phi) is 10.1. The highest BCUT2D eigenvalue weighted by atomic mass is 35.5. The van der Waals surface area contributed by atoms with Crippen molar-refractivity contribution in [1.82, 2.24) is 14.4 Å². The molecule has 0 unspecified atom stereocenters. The average molecular weight is 715 g/mol. The Bertz CT molecular complexity index is 2060. The summed E-state index contributed by atoms with van der Waals surface area (Å²) < 4.78 is 13.8. The SMILES string of the molecule is O=C(Nc1ccc(OCc2ccccc2)cc1)c1cc(-c2cc(Cl)ccc2C(=O)N2Cc3ccccc3C[C@H]2CN2CCOCC2)n2c1CCCC2. The number of carbonyl (C=O) groups excluding carboxylic acids is 2. The number of rotatable bonds is 9. The summed E-state index contributed by atoms with van der Waals surface area (Å²) in [7, 11) is 0. The van der Waals surface area contributed by atoms with Crippen LogP contribution in [0.15, 0.2) is 103 Å². The summed E-state index contributed by atoms with van der Waals surface area (Å²) in [5.41, 5.74) is 8.05. The molecular weight excluding hydrogens is 672 g/mol. The third-order valence-corrected chi connectivity index (χ3v) is 10.8. The van der Waals surface area contributed by atoms with Crippen molar-refractivity contribution in [3.63, 3.8) is 0 Å². The first kappa shape index (κ1) is 34.2. The molecule has 1 fully saturated rings. The van der Waals surface area contributed by atoms with Gasteiger partial charge in [0.2, 0.25) is 0 Å². The van der Waals surface area contributed by atoms with Gasteiger partial charge in [-0.3, -0.25) is 14.5 Å². The maximum Gasteiger partial charge on any atom is 0.257 e. The van der Waals surface area contributed by atoms with E-state index in [-0.39, 0.29) is 17.9 Å². The van der Waals surface area contributed by atoms with Gasteiger partial charge >= 0.3 is 0 Å². The van der Waals surface area contributed by atoms with Crippen LogP contribution in [-0.2, 0) is 37.3 Å². The predicted molar refractivity (Wildman–Crippen MR) is 204 cm³/mol. The summed E-state index contributed by atoms with van der Waals surface area (Å²) in [6.07, 6.45) is 3.57. The van der Waals surface area contributed by atoms with E-state index >= 15 is 0 Å². The third kappa shape index (κ3) is 7.37. The van der Waals surface area contributed by atoms with Crippen molar-refractivity contribution in [2.45, 2.75) is 51.4 Å². The van der Waals surface area contributed by atoms with Crippen molar-refractivity contribution >= 4 is 29.1 Å². The lowest BCUT2D eigenvalue weighted by Crippen LogP contribution is -2.52. The number of aromatic nitrogens is 1. The Balaban J connectivity index is 1.07. The summed E-state index contributed by atoms with van der Waals surface area (Å²) >= 11 is 6.67. The van der Waals surface area contributed by atoms with Crippen LogP contribution < -0.4 is 10.1 Å². The van der Waals surface area contributed by atoms with Crippen LogP contribution in [0, 0.1) is 0 Å². The molecule has 0 spiro atoms. The first-order valence-electron chi connectivity index (χ1n) is 18.3. The fourth-order valence-electron chi connectivity index (χ4n) is 7.81. The second-order valence-corrected chi connectivity index (χ2v) is 14.4. The summed E-state index contributed by atoms with van der Waals surface area (Å²) in [6.45, 7) is 5.71. The number of anilines is 1. The minimum atomic E-state index is -0.178. The van der Waals surface area contributed by atoms with E-state index in [1.54, 1.807) is 6.07 Å². The molecule has 1 atom stereocenters.